The van der Waals surface area contributed by atoms with E-state index in [4.69, 9.17) is 16.1 Å². The molecule has 1 spiro atoms. The highest BCUT2D eigenvalue weighted by Gasteiger charge is 2.62. The van der Waals surface area contributed by atoms with E-state index in [1.165, 1.54) is 19.2 Å². The number of halogens is 1. The zero-order valence-electron chi connectivity index (χ0n) is 20.0. The van der Waals surface area contributed by atoms with Gasteiger partial charge in [-0.25, -0.2) is 8.42 Å². The zero-order valence-corrected chi connectivity index (χ0v) is 21.6. The van der Waals surface area contributed by atoms with Gasteiger partial charge in [0.05, 0.1) is 10.3 Å². The summed E-state index contributed by atoms with van der Waals surface area (Å²) in [5.74, 6) is 0.935. The zero-order chi connectivity index (χ0) is 24.5. The smallest absolute Gasteiger partial charge is 0.243 e. The maximum atomic E-state index is 14.0. The maximum Gasteiger partial charge on any atom is 0.243 e. The average molecular weight is 514 g/mol. The number of hydrogen-bond acceptors (Lipinski definition) is 5. The van der Waals surface area contributed by atoms with Crippen molar-refractivity contribution in [2.24, 2.45) is 11.3 Å². The topological polar surface area (TPSA) is 76.3 Å². The molecular weight excluding hydrogens is 482 g/mol. The van der Waals surface area contributed by atoms with E-state index in [0.29, 0.717) is 29.6 Å². The molecule has 0 amide bonds. The van der Waals surface area contributed by atoms with Gasteiger partial charge in [-0.1, -0.05) is 73.0 Å². The molecule has 2 saturated carbocycles. The van der Waals surface area contributed by atoms with Crippen LogP contribution >= 0.6 is 11.6 Å². The van der Waals surface area contributed by atoms with Gasteiger partial charge < -0.3 is 4.52 Å². The number of rotatable bonds is 7. The van der Waals surface area contributed by atoms with E-state index in [2.05, 4.69) is 29.2 Å². The third kappa shape index (κ3) is 4.91. The molecule has 0 aliphatic heterocycles. The molecule has 4 unspecified atom stereocenters. The number of benzene rings is 1. The highest BCUT2D eigenvalue weighted by atomic mass is 35.5. The van der Waals surface area contributed by atoms with Crippen LogP contribution in [0.3, 0.4) is 0 Å². The highest BCUT2D eigenvalue weighted by Crippen LogP contribution is 2.62. The van der Waals surface area contributed by atoms with Crippen molar-refractivity contribution in [1.82, 2.24) is 14.4 Å². The van der Waals surface area contributed by atoms with Crippen molar-refractivity contribution in [3.8, 4) is 11.4 Å². The van der Waals surface area contributed by atoms with E-state index in [-0.39, 0.29) is 16.8 Å². The second-order valence-electron chi connectivity index (χ2n) is 9.90. The first-order valence-electron chi connectivity index (χ1n) is 12.5. The number of sulfonamides is 1. The molecule has 35 heavy (non-hydrogen) atoms. The van der Waals surface area contributed by atoms with Crippen molar-refractivity contribution in [2.45, 2.75) is 69.8 Å². The van der Waals surface area contributed by atoms with Crippen LogP contribution in [0.2, 0.25) is 0 Å². The number of aromatic nitrogens is 2. The molecule has 2 fully saturated rings. The van der Waals surface area contributed by atoms with Gasteiger partial charge in [0.2, 0.25) is 22.2 Å². The summed E-state index contributed by atoms with van der Waals surface area (Å²) in [6, 6.07) is 7.74. The van der Waals surface area contributed by atoms with Gasteiger partial charge >= 0.3 is 0 Å². The number of alkyl halides is 1. The summed E-state index contributed by atoms with van der Waals surface area (Å²) >= 11 is 6.20. The van der Waals surface area contributed by atoms with Crippen LogP contribution in [0.1, 0.15) is 57.4 Å². The van der Waals surface area contributed by atoms with Crippen LogP contribution in [0.4, 0.5) is 0 Å². The third-order valence-electron chi connectivity index (χ3n) is 7.78. The second kappa shape index (κ2) is 10.0. The summed E-state index contributed by atoms with van der Waals surface area (Å²) < 4.78 is 34.7. The summed E-state index contributed by atoms with van der Waals surface area (Å²) in [7, 11) is -3.68. The molecule has 6 nitrogen and oxygen atoms in total. The predicted molar refractivity (Wildman–Crippen MR) is 138 cm³/mol. The van der Waals surface area contributed by atoms with Crippen molar-refractivity contribution in [1.29, 1.82) is 0 Å². The molecule has 2 aromatic rings. The standard InChI is InChI=1S/C27H32ClN3O3S/c1-2-6-22-7-4-3-5-16-27(22)17-25(27)31(35(32,33)24-14-12-23(28)13-15-24)18-20-8-10-21(11-9-20)26-29-19-34-30-26/h2,6,8-12,14-15,19,22-23,25H,3-5,7,13,16-18H2,1H3/b6-2-. The SMILES string of the molecule is C/C=C\C1CCCCCC12CC2N(Cc1ccc(-c2ncon2)cc1)S(=O)(=O)C1=CCC(Cl)C=C1. The lowest BCUT2D eigenvalue weighted by atomic mass is 9.83. The fourth-order valence-electron chi connectivity index (χ4n) is 5.85. The lowest BCUT2D eigenvalue weighted by molar-refractivity contribution is 0.267. The van der Waals surface area contributed by atoms with Gasteiger partial charge in [-0.2, -0.15) is 9.29 Å². The Morgan fingerprint density at radius 1 is 1.23 bits per heavy atom. The van der Waals surface area contributed by atoms with E-state index in [9.17, 15) is 8.42 Å². The Bertz CT molecular complexity index is 1220. The molecule has 5 rings (SSSR count). The lowest BCUT2D eigenvalue weighted by Gasteiger charge is -2.30. The van der Waals surface area contributed by atoms with Crippen molar-refractivity contribution in [3.05, 3.63) is 71.5 Å². The van der Waals surface area contributed by atoms with Crippen LogP contribution in [0.15, 0.2) is 70.5 Å². The highest BCUT2D eigenvalue weighted by molar-refractivity contribution is 7.93. The average Bonchev–Trinajstić information content (AvgIpc) is 3.38. The maximum absolute atomic E-state index is 14.0. The predicted octanol–water partition coefficient (Wildman–Crippen LogP) is 6.23. The van der Waals surface area contributed by atoms with E-state index >= 15 is 0 Å². The van der Waals surface area contributed by atoms with Crippen molar-refractivity contribution >= 4 is 21.6 Å². The fraction of sp³-hybridized carbons (Fsp3) is 0.481. The van der Waals surface area contributed by atoms with Crippen molar-refractivity contribution < 1.29 is 12.9 Å². The van der Waals surface area contributed by atoms with Gasteiger partial charge in [-0.05, 0) is 55.6 Å². The first-order chi connectivity index (χ1) is 16.9. The molecule has 1 heterocycles. The van der Waals surface area contributed by atoms with Crippen LogP contribution in [-0.4, -0.2) is 34.3 Å². The number of hydrogen-bond donors (Lipinski definition) is 0. The van der Waals surface area contributed by atoms with Crippen LogP contribution in [0.25, 0.3) is 11.4 Å². The molecule has 0 saturated heterocycles. The first kappa shape index (κ1) is 24.5. The Kier molecular flexibility index (Phi) is 7.02. The number of allylic oxidation sites excluding steroid dienone is 5. The Balaban J connectivity index is 1.47. The molecule has 186 valence electrons. The Morgan fingerprint density at radius 3 is 2.74 bits per heavy atom. The molecule has 0 N–H and O–H groups in total. The van der Waals surface area contributed by atoms with Crippen LogP contribution in [0, 0.1) is 11.3 Å². The van der Waals surface area contributed by atoms with Crippen molar-refractivity contribution in [2.75, 3.05) is 0 Å². The Morgan fingerprint density at radius 2 is 2.06 bits per heavy atom. The molecule has 4 atom stereocenters. The van der Waals surface area contributed by atoms with E-state index in [1.54, 1.807) is 22.5 Å². The lowest BCUT2D eigenvalue weighted by Crippen LogP contribution is -2.37. The molecule has 3 aliphatic carbocycles. The van der Waals surface area contributed by atoms with Gasteiger partial charge in [-0.15, -0.1) is 11.6 Å². The minimum atomic E-state index is -3.68. The minimum Gasteiger partial charge on any atom is -0.342 e. The largest absolute Gasteiger partial charge is 0.342 e. The summed E-state index contributed by atoms with van der Waals surface area (Å²) in [6.07, 6.45) is 18.2. The van der Waals surface area contributed by atoms with Crippen molar-refractivity contribution in [3.63, 3.8) is 0 Å². The first-order valence-corrected chi connectivity index (χ1v) is 14.3. The summed E-state index contributed by atoms with van der Waals surface area (Å²) in [4.78, 5) is 4.45. The van der Waals surface area contributed by atoms with Gasteiger partial charge in [0, 0.05) is 18.2 Å². The quantitative estimate of drug-likeness (QED) is 0.324. The third-order valence-corrected chi connectivity index (χ3v) is 10.0. The summed E-state index contributed by atoms with van der Waals surface area (Å²) in [5, 5.41) is 3.73. The summed E-state index contributed by atoms with van der Waals surface area (Å²) in [5.41, 5.74) is 1.80. The molecule has 1 aromatic carbocycles. The molecule has 0 bridgehead atoms. The van der Waals surface area contributed by atoms with Crippen LogP contribution in [-0.2, 0) is 16.6 Å². The molecule has 3 aliphatic rings. The molecule has 8 heteroatoms. The second-order valence-corrected chi connectivity index (χ2v) is 12.4. The Hall–Kier alpha value is -2.22. The fourth-order valence-corrected chi connectivity index (χ4v) is 7.77. The number of nitrogens with zero attached hydrogens (tertiary/aromatic N) is 3. The minimum absolute atomic E-state index is 0.00768. The van der Waals surface area contributed by atoms with E-state index in [1.807, 2.05) is 24.3 Å². The van der Waals surface area contributed by atoms with Gasteiger partial charge in [0.1, 0.15) is 0 Å². The molecule has 0 radical (unpaired) electrons. The monoisotopic (exact) mass is 513 g/mol. The van der Waals surface area contributed by atoms with E-state index in [0.717, 1.165) is 36.8 Å². The summed E-state index contributed by atoms with van der Waals surface area (Å²) in [6.45, 7) is 2.40. The van der Waals surface area contributed by atoms with Crippen LogP contribution < -0.4 is 0 Å². The van der Waals surface area contributed by atoms with Crippen LogP contribution in [0.5, 0.6) is 0 Å². The van der Waals surface area contributed by atoms with Gasteiger partial charge in [0.25, 0.3) is 0 Å². The molecule has 1 aromatic heterocycles. The van der Waals surface area contributed by atoms with Gasteiger partial charge in [-0.3, -0.25) is 0 Å². The normalized spacial score (nSPS) is 29.0. The molecular formula is C27H32ClN3O3S. The van der Waals surface area contributed by atoms with Gasteiger partial charge in [0.15, 0.2) is 0 Å². The Labute approximate surface area is 212 Å². The van der Waals surface area contributed by atoms with E-state index < -0.39 is 10.0 Å².